The molecule has 0 saturated heterocycles. The zero-order valence-electron chi connectivity index (χ0n) is 9.96. The summed E-state index contributed by atoms with van der Waals surface area (Å²) < 4.78 is 1.67. The third-order valence-corrected chi connectivity index (χ3v) is 2.49. The molecular weight excluding hydrogens is 230 g/mol. The van der Waals surface area contributed by atoms with Gasteiger partial charge in [0.05, 0.1) is 6.42 Å². The number of imidazole rings is 1. The molecule has 1 amide bonds. The molecule has 0 saturated carbocycles. The van der Waals surface area contributed by atoms with Gasteiger partial charge in [-0.3, -0.25) is 14.9 Å². The fourth-order valence-electron chi connectivity index (χ4n) is 1.53. The standard InChI is InChI=1S/C13H13N3O2/c1-16-8-7-14-13(16)15-12(18)9-11(17)10-5-3-2-4-6-10/h2-8H,9H2,1H3,(H,14,15,18). The second-order valence-corrected chi connectivity index (χ2v) is 3.88. The lowest BCUT2D eigenvalue weighted by Crippen LogP contribution is -2.18. The maximum absolute atomic E-state index is 11.8. The van der Waals surface area contributed by atoms with E-state index in [2.05, 4.69) is 10.3 Å². The molecule has 1 aromatic heterocycles. The summed E-state index contributed by atoms with van der Waals surface area (Å²) in [6, 6.07) is 8.74. The highest BCUT2D eigenvalue weighted by Crippen LogP contribution is 2.06. The summed E-state index contributed by atoms with van der Waals surface area (Å²) in [5.41, 5.74) is 0.535. The molecule has 1 aromatic carbocycles. The number of anilines is 1. The predicted octanol–water partition coefficient (Wildman–Crippen LogP) is 1.63. The second-order valence-electron chi connectivity index (χ2n) is 3.88. The average Bonchev–Trinajstić information content (AvgIpc) is 2.76. The van der Waals surface area contributed by atoms with Gasteiger partial charge in [0, 0.05) is 25.0 Å². The number of ketones is 1. The van der Waals surface area contributed by atoms with Crippen molar-refractivity contribution >= 4 is 17.6 Å². The number of rotatable bonds is 4. The van der Waals surface area contributed by atoms with E-state index in [1.807, 2.05) is 6.07 Å². The van der Waals surface area contributed by atoms with Crippen molar-refractivity contribution in [1.82, 2.24) is 9.55 Å². The van der Waals surface area contributed by atoms with Crippen LogP contribution in [0.2, 0.25) is 0 Å². The fraction of sp³-hybridized carbons (Fsp3) is 0.154. The van der Waals surface area contributed by atoms with Crippen molar-refractivity contribution in [2.45, 2.75) is 6.42 Å². The molecule has 92 valence electrons. The Labute approximate surface area is 104 Å². The number of carbonyl (C=O) groups excluding carboxylic acids is 2. The summed E-state index contributed by atoms with van der Waals surface area (Å²) >= 11 is 0. The van der Waals surface area contributed by atoms with Crippen molar-refractivity contribution < 1.29 is 9.59 Å². The summed E-state index contributed by atoms with van der Waals surface area (Å²) in [6.07, 6.45) is 3.11. The Kier molecular flexibility index (Phi) is 3.52. The monoisotopic (exact) mass is 243 g/mol. The summed E-state index contributed by atoms with van der Waals surface area (Å²) in [6.45, 7) is 0. The van der Waals surface area contributed by atoms with Crippen molar-refractivity contribution in [2.75, 3.05) is 5.32 Å². The van der Waals surface area contributed by atoms with Crippen LogP contribution in [0.15, 0.2) is 42.7 Å². The summed E-state index contributed by atoms with van der Waals surface area (Å²) in [4.78, 5) is 27.4. The number of nitrogens with one attached hydrogen (secondary N) is 1. The van der Waals surface area contributed by atoms with E-state index in [1.54, 1.807) is 48.3 Å². The number of aromatic nitrogens is 2. The van der Waals surface area contributed by atoms with Crippen molar-refractivity contribution in [1.29, 1.82) is 0 Å². The molecule has 0 spiro atoms. The lowest BCUT2D eigenvalue weighted by molar-refractivity contribution is -0.115. The van der Waals surface area contributed by atoms with Crippen molar-refractivity contribution in [2.24, 2.45) is 7.05 Å². The van der Waals surface area contributed by atoms with Gasteiger partial charge in [-0.1, -0.05) is 30.3 Å². The van der Waals surface area contributed by atoms with Crippen LogP contribution in [0.4, 0.5) is 5.95 Å². The molecule has 0 aliphatic rings. The Morgan fingerprint density at radius 3 is 2.61 bits per heavy atom. The molecule has 0 aliphatic heterocycles. The van der Waals surface area contributed by atoms with Gasteiger partial charge >= 0.3 is 0 Å². The largest absolute Gasteiger partial charge is 0.320 e. The van der Waals surface area contributed by atoms with Crippen molar-refractivity contribution in [3.05, 3.63) is 48.3 Å². The van der Waals surface area contributed by atoms with E-state index in [4.69, 9.17) is 0 Å². The molecule has 0 aliphatic carbocycles. The maximum atomic E-state index is 11.8. The molecule has 0 unspecified atom stereocenters. The van der Waals surface area contributed by atoms with Crippen molar-refractivity contribution in [3.8, 4) is 0 Å². The molecule has 18 heavy (non-hydrogen) atoms. The highest BCUT2D eigenvalue weighted by Gasteiger charge is 2.12. The molecule has 2 rings (SSSR count). The van der Waals surface area contributed by atoms with Crippen LogP contribution in [0.1, 0.15) is 16.8 Å². The molecule has 0 atom stereocenters. The molecule has 5 heteroatoms. The van der Waals surface area contributed by atoms with E-state index in [0.29, 0.717) is 11.5 Å². The van der Waals surface area contributed by atoms with Gasteiger partial charge in [0.1, 0.15) is 0 Å². The highest BCUT2D eigenvalue weighted by atomic mass is 16.2. The summed E-state index contributed by atoms with van der Waals surface area (Å²) in [5, 5.41) is 2.58. The van der Waals surface area contributed by atoms with Crippen LogP contribution in [0, 0.1) is 0 Å². The van der Waals surface area contributed by atoms with Gasteiger partial charge in [0.2, 0.25) is 11.9 Å². The SMILES string of the molecule is Cn1ccnc1NC(=O)CC(=O)c1ccccc1. The highest BCUT2D eigenvalue weighted by molar-refractivity contribution is 6.10. The number of benzene rings is 1. The number of nitrogens with zero attached hydrogens (tertiary/aromatic N) is 2. The van der Waals surface area contributed by atoms with Crippen LogP contribution >= 0.6 is 0 Å². The first kappa shape index (κ1) is 12.0. The maximum Gasteiger partial charge on any atom is 0.234 e. The fourth-order valence-corrected chi connectivity index (χ4v) is 1.53. The van der Waals surface area contributed by atoms with Gasteiger partial charge in [-0.25, -0.2) is 4.98 Å². The van der Waals surface area contributed by atoms with E-state index in [1.165, 1.54) is 0 Å². The normalized spacial score (nSPS) is 10.1. The first-order valence-electron chi connectivity index (χ1n) is 5.52. The van der Waals surface area contributed by atoms with E-state index in [0.717, 1.165) is 0 Å². The second kappa shape index (κ2) is 5.27. The van der Waals surface area contributed by atoms with E-state index in [-0.39, 0.29) is 18.1 Å². The van der Waals surface area contributed by atoms with Gasteiger partial charge in [-0.2, -0.15) is 0 Å². The van der Waals surface area contributed by atoms with Crippen LogP contribution in [-0.2, 0) is 11.8 Å². The third kappa shape index (κ3) is 2.82. The number of hydrogen-bond donors (Lipinski definition) is 1. The average molecular weight is 243 g/mol. The smallest absolute Gasteiger partial charge is 0.234 e. The number of amides is 1. The third-order valence-electron chi connectivity index (χ3n) is 2.49. The van der Waals surface area contributed by atoms with Gasteiger partial charge in [0.25, 0.3) is 0 Å². The summed E-state index contributed by atoms with van der Waals surface area (Å²) in [5.74, 6) is -0.138. The minimum Gasteiger partial charge on any atom is -0.320 e. The molecular formula is C13H13N3O2. The Balaban J connectivity index is 1.96. The molecule has 0 radical (unpaired) electrons. The molecule has 1 heterocycles. The van der Waals surface area contributed by atoms with E-state index in [9.17, 15) is 9.59 Å². The number of hydrogen-bond acceptors (Lipinski definition) is 3. The first-order chi connectivity index (χ1) is 8.66. The molecule has 0 fully saturated rings. The number of carbonyl (C=O) groups is 2. The van der Waals surface area contributed by atoms with Crippen molar-refractivity contribution in [3.63, 3.8) is 0 Å². The van der Waals surface area contributed by atoms with Crippen LogP contribution in [0.25, 0.3) is 0 Å². The lowest BCUT2D eigenvalue weighted by Gasteiger charge is -2.04. The van der Waals surface area contributed by atoms with Crippen LogP contribution in [0.3, 0.4) is 0 Å². The van der Waals surface area contributed by atoms with Gasteiger partial charge in [0.15, 0.2) is 5.78 Å². The van der Waals surface area contributed by atoms with E-state index >= 15 is 0 Å². The molecule has 5 nitrogen and oxygen atoms in total. The Morgan fingerprint density at radius 2 is 2.00 bits per heavy atom. The number of aryl methyl sites for hydroxylation is 1. The quantitative estimate of drug-likeness (QED) is 0.655. The van der Waals surface area contributed by atoms with Crippen LogP contribution in [-0.4, -0.2) is 21.2 Å². The number of Topliss-reactive ketones (excluding diaryl/α,β-unsaturated/α-hetero) is 1. The zero-order chi connectivity index (χ0) is 13.0. The Morgan fingerprint density at radius 1 is 1.28 bits per heavy atom. The van der Waals surface area contributed by atoms with E-state index < -0.39 is 0 Å². The topological polar surface area (TPSA) is 64.0 Å². The Hall–Kier alpha value is -2.43. The minimum absolute atomic E-state index is 0.184. The van der Waals surface area contributed by atoms with Crippen LogP contribution < -0.4 is 5.32 Å². The minimum atomic E-state index is -0.363. The Bertz CT molecular complexity index is 561. The zero-order valence-corrected chi connectivity index (χ0v) is 9.96. The molecule has 0 bridgehead atoms. The molecule has 2 aromatic rings. The van der Waals surface area contributed by atoms with Gasteiger partial charge < -0.3 is 4.57 Å². The molecule has 1 N–H and O–H groups in total. The van der Waals surface area contributed by atoms with Crippen LogP contribution in [0.5, 0.6) is 0 Å². The predicted molar refractivity (Wildman–Crippen MR) is 67.2 cm³/mol. The first-order valence-corrected chi connectivity index (χ1v) is 5.52. The summed E-state index contributed by atoms with van der Waals surface area (Å²) in [7, 11) is 1.77. The van der Waals surface area contributed by atoms with Gasteiger partial charge in [-0.15, -0.1) is 0 Å². The van der Waals surface area contributed by atoms with Gasteiger partial charge in [-0.05, 0) is 0 Å². The lowest BCUT2D eigenvalue weighted by atomic mass is 10.1.